The maximum Gasteiger partial charge on any atom is 0.264 e. The summed E-state index contributed by atoms with van der Waals surface area (Å²) in [5, 5.41) is 3.07. The van der Waals surface area contributed by atoms with Crippen LogP contribution in [-0.2, 0) is 32.6 Å². The number of nitrogens with one attached hydrogen (secondary N) is 1. The van der Waals surface area contributed by atoms with Crippen LogP contribution in [0.5, 0.6) is 0 Å². The van der Waals surface area contributed by atoms with Crippen molar-refractivity contribution in [2.24, 2.45) is 0 Å². The molecule has 0 saturated carbocycles. The molecule has 2 atom stereocenters. The van der Waals surface area contributed by atoms with Gasteiger partial charge >= 0.3 is 0 Å². The molecule has 0 fully saturated rings. The minimum Gasteiger partial charge on any atom is -0.352 e. The summed E-state index contributed by atoms with van der Waals surface area (Å²) < 4.78 is 30.6. The average molecular weight is 705 g/mol. The van der Waals surface area contributed by atoms with Gasteiger partial charge in [0.05, 0.1) is 10.6 Å². The van der Waals surface area contributed by atoms with Gasteiger partial charge in [0.25, 0.3) is 10.0 Å². The van der Waals surface area contributed by atoms with Gasteiger partial charge in [-0.05, 0) is 81.1 Å². The number of hydrogen-bond acceptors (Lipinski definition) is 4. The van der Waals surface area contributed by atoms with Gasteiger partial charge in [-0.25, -0.2) is 8.42 Å². The van der Waals surface area contributed by atoms with Crippen LogP contribution in [0.3, 0.4) is 0 Å². The Morgan fingerprint density at radius 3 is 2.07 bits per heavy atom. The van der Waals surface area contributed by atoms with E-state index in [1.54, 1.807) is 30.3 Å². The second kappa shape index (κ2) is 15.6. The number of sulfonamides is 1. The van der Waals surface area contributed by atoms with Crippen molar-refractivity contribution in [3.05, 3.63) is 129 Å². The van der Waals surface area contributed by atoms with Crippen molar-refractivity contribution in [1.82, 2.24) is 10.2 Å². The molecule has 0 aliphatic heterocycles. The van der Waals surface area contributed by atoms with Crippen LogP contribution in [0, 0.1) is 20.8 Å². The maximum atomic E-state index is 14.6. The highest BCUT2D eigenvalue weighted by molar-refractivity contribution is 9.10. The van der Waals surface area contributed by atoms with Crippen molar-refractivity contribution >= 4 is 43.5 Å². The molecule has 0 saturated heterocycles. The lowest BCUT2D eigenvalue weighted by molar-refractivity contribution is -0.140. The molecule has 4 aromatic rings. The van der Waals surface area contributed by atoms with Crippen LogP contribution in [-0.4, -0.2) is 43.8 Å². The average Bonchev–Trinajstić information content (AvgIpc) is 3.03. The zero-order chi connectivity index (χ0) is 33.4. The van der Waals surface area contributed by atoms with E-state index in [-0.39, 0.29) is 29.8 Å². The molecule has 2 amide bonds. The Labute approximate surface area is 281 Å². The van der Waals surface area contributed by atoms with Crippen LogP contribution in [0.25, 0.3) is 0 Å². The van der Waals surface area contributed by atoms with Gasteiger partial charge in [0.2, 0.25) is 11.8 Å². The molecule has 4 rings (SSSR count). The molecule has 0 bridgehead atoms. The van der Waals surface area contributed by atoms with Crippen LogP contribution < -0.4 is 9.62 Å². The smallest absolute Gasteiger partial charge is 0.264 e. The van der Waals surface area contributed by atoms with Gasteiger partial charge in [-0.3, -0.25) is 13.9 Å². The minimum absolute atomic E-state index is 0.0840. The number of rotatable bonds is 13. The predicted octanol–water partition coefficient (Wildman–Crippen LogP) is 7.12. The third-order valence-corrected chi connectivity index (χ3v) is 10.3. The molecule has 0 aromatic heterocycles. The SMILES string of the molecule is CC[C@@H](C)NC(=O)[C@@H](Cc1ccccc1)N(Cc1ccc(Br)cc1)C(=O)CN(c1ccc(C)cc1C)S(=O)(=O)c1ccc(C)cc1. The van der Waals surface area contributed by atoms with E-state index in [0.29, 0.717) is 5.69 Å². The molecular weight excluding hydrogens is 662 g/mol. The van der Waals surface area contributed by atoms with Crippen LogP contribution in [0.1, 0.15) is 48.1 Å². The Bertz CT molecular complexity index is 1740. The molecule has 46 heavy (non-hydrogen) atoms. The van der Waals surface area contributed by atoms with Crippen LogP contribution >= 0.6 is 15.9 Å². The first-order valence-corrected chi connectivity index (χ1v) is 17.7. The van der Waals surface area contributed by atoms with Crippen molar-refractivity contribution in [2.45, 2.75) is 71.0 Å². The lowest BCUT2D eigenvalue weighted by Crippen LogP contribution is -2.54. The molecule has 9 heteroatoms. The number of halogens is 1. The quantitative estimate of drug-likeness (QED) is 0.161. The Hall–Kier alpha value is -3.95. The Morgan fingerprint density at radius 1 is 0.826 bits per heavy atom. The number of nitrogens with zero attached hydrogens (tertiary/aromatic N) is 2. The van der Waals surface area contributed by atoms with Crippen LogP contribution in [0.4, 0.5) is 5.69 Å². The Morgan fingerprint density at radius 2 is 1.46 bits per heavy atom. The number of carbonyl (C=O) groups excluding carboxylic acids is 2. The molecular formula is C37H42BrN3O4S. The summed E-state index contributed by atoms with van der Waals surface area (Å²) in [4.78, 5) is 30.2. The highest BCUT2D eigenvalue weighted by Crippen LogP contribution is 2.29. The topological polar surface area (TPSA) is 86.8 Å². The molecule has 1 N–H and O–H groups in total. The summed E-state index contributed by atoms with van der Waals surface area (Å²) >= 11 is 3.47. The van der Waals surface area contributed by atoms with Crippen molar-refractivity contribution < 1.29 is 18.0 Å². The van der Waals surface area contributed by atoms with E-state index in [9.17, 15) is 18.0 Å². The molecule has 0 unspecified atom stereocenters. The summed E-state index contributed by atoms with van der Waals surface area (Å²) in [6.45, 7) is 9.20. The number of benzene rings is 4. The van der Waals surface area contributed by atoms with Crippen LogP contribution in [0.15, 0.2) is 106 Å². The molecule has 0 heterocycles. The first-order chi connectivity index (χ1) is 21.9. The van der Waals surface area contributed by atoms with Gasteiger partial charge in [0.15, 0.2) is 0 Å². The van der Waals surface area contributed by atoms with Gasteiger partial charge in [-0.2, -0.15) is 0 Å². The minimum atomic E-state index is -4.16. The number of hydrogen-bond donors (Lipinski definition) is 1. The molecule has 0 radical (unpaired) electrons. The van der Waals surface area contributed by atoms with E-state index in [1.165, 1.54) is 9.21 Å². The zero-order valence-electron chi connectivity index (χ0n) is 27.0. The fraction of sp³-hybridized carbons (Fsp3) is 0.297. The van der Waals surface area contributed by atoms with E-state index in [4.69, 9.17) is 0 Å². The van der Waals surface area contributed by atoms with E-state index in [1.807, 2.05) is 101 Å². The molecule has 0 aliphatic rings. The van der Waals surface area contributed by atoms with E-state index in [2.05, 4.69) is 21.2 Å². The van der Waals surface area contributed by atoms with E-state index >= 15 is 0 Å². The normalized spacial score (nSPS) is 12.7. The number of anilines is 1. The van der Waals surface area contributed by atoms with Crippen molar-refractivity contribution in [3.8, 4) is 0 Å². The van der Waals surface area contributed by atoms with Gasteiger partial charge in [-0.1, -0.05) is 101 Å². The molecule has 0 spiro atoms. The first kappa shape index (κ1) is 34.9. The largest absolute Gasteiger partial charge is 0.352 e. The van der Waals surface area contributed by atoms with Crippen LogP contribution in [0.2, 0.25) is 0 Å². The maximum absolute atomic E-state index is 14.6. The van der Waals surface area contributed by atoms with Gasteiger partial charge < -0.3 is 10.2 Å². The highest BCUT2D eigenvalue weighted by Gasteiger charge is 2.35. The molecule has 7 nitrogen and oxygen atoms in total. The van der Waals surface area contributed by atoms with Gasteiger partial charge in [0, 0.05) is 23.5 Å². The second-order valence-corrected chi connectivity index (χ2v) is 14.6. The Kier molecular flexibility index (Phi) is 11.8. The lowest BCUT2D eigenvalue weighted by atomic mass is 10.0. The summed E-state index contributed by atoms with van der Waals surface area (Å²) in [7, 11) is -4.16. The zero-order valence-corrected chi connectivity index (χ0v) is 29.4. The molecule has 4 aromatic carbocycles. The summed E-state index contributed by atoms with van der Waals surface area (Å²) in [5.74, 6) is -0.776. The first-order valence-electron chi connectivity index (χ1n) is 15.4. The molecule has 0 aliphatic carbocycles. The predicted molar refractivity (Wildman–Crippen MR) is 188 cm³/mol. The monoisotopic (exact) mass is 703 g/mol. The summed E-state index contributed by atoms with van der Waals surface area (Å²) in [6, 6.07) is 28.2. The fourth-order valence-electron chi connectivity index (χ4n) is 5.22. The highest BCUT2D eigenvalue weighted by atomic mass is 79.9. The number of amides is 2. The fourth-order valence-corrected chi connectivity index (χ4v) is 6.96. The van der Waals surface area contributed by atoms with Crippen molar-refractivity contribution in [2.75, 3.05) is 10.8 Å². The summed E-state index contributed by atoms with van der Waals surface area (Å²) in [6.07, 6.45) is 0.985. The molecule has 242 valence electrons. The summed E-state index contributed by atoms with van der Waals surface area (Å²) in [5.41, 5.74) is 4.72. The van der Waals surface area contributed by atoms with Crippen molar-refractivity contribution in [1.29, 1.82) is 0 Å². The van der Waals surface area contributed by atoms with Gasteiger partial charge in [-0.15, -0.1) is 0 Å². The number of carbonyl (C=O) groups is 2. The second-order valence-electron chi connectivity index (χ2n) is 11.8. The van der Waals surface area contributed by atoms with E-state index in [0.717, 1.165) is 38.7 Å². The Balaban J connectivity index is 1.83. The van der Waals surface area contributed by atoms with Gasteiger partial charge in [0.1, 0.15) is 12.6 Å². The standard InChI is InChI=1S/C37H42BrN3O4S/c1-6-29(5)39-37(43)35(23-30-10-8-7-9-11-30)40(24-31-15-17-32(38)18-16-31)36(42)25-41(34-21-14-27(3)22-28(34)4)46(44,45)33-19-12-26(2)13-20-33/h7-22,29,35H,6,23-25H2,1-5H3,(H,39,43)/t29-,35-/m1/s1. The third kappa shape index (κ3) is 8.85. The van der Waals surface area contributed by atoms with Crippen molar-refractivity contribution in [3.63, 3.8) is 0 Å². The third-order valence-electron chi connectivity index (χ3n) is 8.05. The number of aryl methyl sites for hydroxylation is 3. The lowest BCUT2D eigenvalue weighted by Gasteiger charge is -2.34. The van der Waals surface area contributed by atoms with E-state index < -0.39 is 28.5 Å².